The van der Waals surface area contributed by atoms with Crippen molar-refractivity contribution in [2.45, 2.75) is 31.3 Å². The Morgan fingerprint density at radius 2 is 1.85 bits per heavy atom. The van der Waals surface area contributed by atoms with E-state index in [9.17, 15) is 13.2 Å². The standard InChI is InChI=1S/C14H18O5S/c1-5-10-18-13(15)14(3,4)19-20(16,17)12-8-6-11(2)7-9-12/h5-9H,1,10H2,2-4H3. The highest BCUT2D eigenvalue weighted by molar-refractivity contribution is 7.86. The van der Waals surface area contributed by atoms with Crippen LogP contribution in [0.15, 0.2) is 41.8 Å². The monoisotopic (exact) mass is 298 g/mol. The van der Waals surface area contributed by atoms with Crippen LogP contribution in [0.1, 0.15) is 19.4 Å². The highest BCUT2D eigenvalue weighted by Gasteiger charge is 2.36. The Morgan fingerprint density at radius 3 is 2.35 bits per heavy atom. The SMILES string of the molecule is C=CCOC(=O)C(C)(C)OS(=O)(=O)c1ccc(C)cc1. The Kier molecular flexibility index (Phi) is 5.08. The molecule has 0 radical (unpaired) electrons. The molecule has 0 aliphatic heterocycles. The summed E-state index contributed by atoms with van der Waals surface area (Å²) in [4.78, 5) is 11.7. The average molecular weight is 298 g/mol. The van der Waals surface area contributed by atoms with Gasteiger partial charge in [0.25, 0.3) is 10.1 Å². The predicted molar refractivity (Wildman–Crippen MR) is 74.7 cm³/mol. The molecule has 20 heavy (non-hydrogen) atoms. The molecular weight excluding hydrogens is 280 g/mol. The van der Waals surface area contributed by atoms with Gasteiger partial charge in [-0.05, 0) is 32.9 Å². The molecule has 0 N–H and O–H groups in total. The van der Waals surface area contributed by atoms with E-state index in [4.69, 9.17) is 8.92 Å². The number of hydrogen-bond donors (Lipinski definition) is 0. The number of aryl methyl sites for hydroxylation is 1. The highest BCUT2D eigenvalue weighted by Crippen LogP contribution is 2.21. The number of ether oxygens (including phenoxy) is 1. The molecule has 1 aromatic rings. The van der Waals surface area contributed by atoms with E-state index in [1.165, 1.54) is 32.1 Å². The van der Waals surface area contributed by atoms with Crippen LogP contribution in [0.4, 0.5) is 0 Å². The van der Waals surface area contributed by atoms with Crippen LogP contribution in [0.2, 0.25) is 0 Å². The van der Waals surface area contributed by atoms with Gasteiger partial charge in [0, 0.05) is 0 Å². The second-order valence-electron chi connectivity index (χ2n) is 4.75. The van der Waals surface area contributed by atoms with Crippen molar-refractivity contribution in [3.8, 4) is 0 Å². The summed E-state index contributed by atoms with van der Waals surface area (Å²) in [6.07, 6.45) is 1.39. The number of carbonyl (C=O) groups excluding carboxylic acids is 1. The largest absolute Gasteiger partial charge is 0.459 e. The van der Waals surface area contributed by atoms with E-state index < -0.39 is 21.7 Å². The molecule has 0 spiro atoms. The van der Waals surface area contributed by atoms with Gasteiger partial charge < -0.3 is 4.74 Å². The highest BCUT2D eigenvalue weighted by atomic mass is 32.2. The van der Waals surface area contributed by atoms with E-state index in [2.05, 4.69) is 6.58 Å². The van der Waals surface area contributed by atoms with Gasteiger partial charge in [0.1, 0.15) is 6.61 Å². The number of esters is 1. The van der Waals surface area contributed by atoms with Crippen molar-refractivity contribution in [3.05, 3.63) is 42.5 Å². The van der Waals surface area contributed by atoms with Crippen molar-refractivity contribution in [3.63, 3.8) is 0 Å². The third-order valence-electron chi connectivity index (χ3n) is 2.45. The van der Waals surface area contributed by atoms with Crippen molar-refractivity contribution in [2.75, 3.05) is 6.61 Å². The van der Waals surface area contributed by atoms with E-state index in [-0.39, 0.29) is 11.5 Å². The summed E-state index contributed by atoms with van der Waals surface area (Å²) in [7, 11) is -4.03. The molecule has 0 amide bonds. The lowest BCUT2D eigenvalue weighted by Gasteiger charge is -2.22. The zero-order valence-corrected chi connectivity index (χ0v) is 12.6. The zero-order chi connectivity index (χ0) is 15.4. The lowest BCUT2D eigenvalue weighted by Crippen LogP contribution is -2.38. The fraction of sp³-hybridized carbons (Fsp3) is 0.357. The number of benzene rings is 1. The molecule has 0 heterocycles. The minimum atomic E-state index is -4.03. The molecule has 0 unspecified atom stereocenters. The van der Waals surface area contributed by atoms with E-state index in [1.54, 1.807) is 12.1 Å². The third kappa shape index (κ3) is 4.18. The van der Waals surface area contributed by atoms with Gasteiger partial charge in [-0.25, -0.2) is 8.98 Å². The maximum Gasteiger partial charge on any atom is 0.339 e. The summed E-state index contributed by atoms with van der Waals surface area (Å²) < 4.78 is 34.0. The van der Waals surface area contributed by atoms with Gasteiger partial charge in [0.2, 0.25) is 0 Å². The normalized spacial score (nSPS) is 11.9. The Morgan fingerprint density at radius 1 is 1.30 bits per heavy atom. The predicted octanol–water partition coefficient (Wildman–Crippen LogP) is 2.21. The maximum absolute atomic E-state index is 12.1. The van der Waals surface area contributed by atoms with Crippen molar-refractivity contribution in [1.82, 2.24) is 0 Å². The second-order valence-corrected chi connectivity index (χ2v) is 6.29. The minimum Gasteiger partial charge on any atom is -0.459 e. The fourth-order valence-electron chi connectivity index (χ4n) is 1.37. The summed E-state index contributed by atoms with van der Waals surface area (Å²) in [5, 5.41) is 0. The quantitative estimate of drug-likeness (QED) is 0.457. The Bertz CT molecular complexity index is 584. The second kappa shape index (κ2) is 6.19. The van der Waals surface area contributed by atoms with Crippen LogP contribution in [-0.2, 0) is 23.8 Å². The van der Waals surface area contributed by atoms with Gasteiger partial charge in [0.05, 0.1) is 4.90 Å². The van der Waals surface area contributed by atoms with Crippen LogP contribution in [0, 0.1) is 6.92 Å². The van der Waals surface area contributed by atoms with Crippen LogP contribution in [0.5, 0.6) is 0 Å². The Hall–Kier alpha value is -1.66. The van der Waals surface area contributed by atoms with E-state index in [0.29, 0.717) is 0 Å². The molecular formula is C14H18O5S. The van der Waals surface area contributed by atoms with Crippen LogP contribution < -0.4 is 0 Å². The summed E-state index contributed by atoms with van der Waals surface area (Å²) in [6.45, 7) is 7.92. The van der Waals surface area contributed by atoms with Crippen LogP contribution in [-0.4, -0.2) is 26.6 Å². The van der Waals surface area contributed by atoms with E-state index in [0.717, 1.165) is 5.56 Å². The molecule has 110 valence electrons. The smallest absolute Gasteiger partial charge is 0.339 e. The Balaban J connectivity index is 2.92. The van der Waals surface area contributed by atoms with Crippen LogP contribution >= 0.6 is 0 Å². The first-order chi connectivity index (χ1) is 9.19. The maximum atomic E-state index is 12.1. The zero-order valence-electron chi connectivity index (χ0n) is 11.8. The molecule has 6 heteroatoms. The molecule has 5 nitrogen and oxygen atoms in total. The summed E-state index contributed by atoms with van der Waals surface area (Å²) >= 11 is 0. The van der Waals surface area contributed by atoms with Gasteiger partial charge in [-0.2, -0.15) is 8.42 Å². The number of hydrogen-bond acceptors (Lipinski definition) is 5. The van der Waals surface area contributed by atoms with Gasteiger partial charge in [0.15, 0.2) is 5.60 Å². The lowest BCUT2D eigenvalue weighted by molar-refractivity contribution is -0.157. The van der Waals surface area contributed by atoms with E-state index >= 15 is 0 Å². The first-order valence-electron chi connectivity index (χ1n) is 5.99. The fourth-order valence-corrected chi connectivity index (χ4v) is 2.55. The summed E-state index contributed by atoms with van der Waals surface area (Å²) in [5.74, 6) is -0.770. The van der Waals surface area contributed by atoms with Gasteiger partial charge in [-0.3, -0.25) is 0 Å². The molecule has 0 saturated carbocycles. The van der Waals surface area contributed by atoms with Gasteiger partial charge in [-0.15, -0.1) is 0 Å². The van der Waals surface area contributed by atoms with Crippen molar-refractivity contribution < 1.29 is 22.1 Å². The van der Waals surface area contributed by atoms with Crippen LogP contribution in [0.25, 0.3) is 0 Å². The first-order valence-corrected chi connectivity index (χ1v) is 7.40. The number of carbonyl (C=O) groups is 1. The van der Waals surface area contributed by atoms with Crippen molar-refractivity contribution >= 4 is 16.1 Å². The molecule has 0 aliphatic rings. The molecule has 0 fully saturated rings. The molecule has 0 saturated heterocycles. The van der Waals surface area contributed by atoms with Gasteiger partial charge in [-0.1, -0.05) is 30.4 Å². The third-order valence-corrected chi connectivity index (χ3v) is 3.94. The molecule has 0 atom stereocenters. The summed E-state index contributed by atoms with van der Waals surface area (Å²) in [6, 6.07) is 6.16. The van der Waals surface area contributed by atoms with Crippen molar-refractivity contribution in [1.29, 1.82) is 0 Å². The molecule has 0 bridgehead atoms. The molecule has 0 aromatic heterocycles. The molecule has 0 aliphatic carbocycles. The van der Waals surface area contributed by atoms with Crippen molar-refractivity contribution in [2.24, 2.45) is 0 Å². The topological polar surface area (TPSA) is 69.7 Å². The summed E-state index contributed by atoms with van der Waals surface area (Å²) in [5.41, 5.74) is -0.680. The van der Waals surface area contributed by atoms with E-state index in [1.807, 2.05) is 6.92 Å². The first kappa shape index (κ1) is 16.4. The lowest BCUT2D eigenvalue weighted by atomic mass is 10.1. The molecule has 1 rings (SSSR count). The van der Waals surface area contributed by atoms with Gasteiger partial charge >= 0.3 is 5.97 Å². The molecule has 1 aromatic carbocycles. The number of rotatable bonds is 6. The van der Waals surface area contributed by atoms with Crippen LogP contribution in [0.3, 0.4) is 0 Å². The average Bonchev–Trinajstić information content (AvgIpc) is 2.35. The Labute approximate surface area is 119 Å². The minimum absolute atomic E-state index is 0.00377.